The Balaban J connectivity index is 2.25. The molecule has 0 radical (unpaired) electrons. The molecule has 0 heterocycles. The van der Waals surface area contributed by atoms with Crippen molar-refractivity contribution < 1.29 is 9.13 Å². The van der Waals surface area contributed by atoms with Gasteiger partial charge in [0.2, 0.25) is 0 Å². The summed E-state index contributed by atoms with van der Waals surface area (Å²) in [7, 11) is 0. The maximum atomic E-state index is 13.6. The molecule has 0 saturated heterocycles. The maximum absolute atomic E-state index is 13.6. The topological polar surface area (TPSA) is 35.2 Å². The summed E-state index contributed by atoms with van der Waals surface area (Å²) in [5, 5.41) is 0.792. The molecule has 0 fully saturated rings. The van der Waals surface area contributed by atoms with E-state index in [9.17, 15) is 4.39 Å². The van der Waals surface area contributed by atoms with Crippen LogP contribution in [0.1, 0.15) is 11.1 Å². The van der Waals surface area contributed by atoms with Crippen LogP contribution in [0.5, 0.6) is 5.75 Å². The largest absolute Gasteiger partial charge is 0.488 e. The fourth-order valence-corrected chi connectivity index (χ4v) is 2.19. The van der Waals surface area contributed by atoms with E-state index in [0.29, 0.717) is 21.4 Å². The molecule has 104 valence electrons. The highest BCUT2D eigenvalue weighted by Crippen LogP contribution is 2.26. The Kier molecular flexibility index (Phi) is 4.81. The molecule has 6 heteroatoms. The molecular weight excluding hydrogens is 320 g/mol. The van der Waals surface area contributed by atoms with E-state index < -0.39 is 5.82 Å². The van der Waals surface area contributed by atoms with Crippen molar-refractivity contribution in [2.45, 2.75) is 6.61 Å². The lowest BCUT2D eigenvalue weighted by atomic mass is 10.2. The summed E-state index contributed by atoms with van der Waals surface area (Å²) in [6, 6.07) is 9.32. The fraction of sp³-hybridized carbons (Fsp3) is 0.0714. The molecule has 0 saturated carbocycles. The summed E-state index contributed by atoms with van der Waals surface area (Å²) in [4.78, 5) is 0.155. The molecule has 0 unspecified atom stereocenters. The highest BCUT2D eigenvalue weighted by atomic mass is 35.5. The third kappa shape index (κ3) is 3.39. The number of nitrogens with two attached hydrogens (primary N) is 1. The SMILES string of the molecule is NC(=S)c1cc(Cl)ccc1OCc1c(F)cccc1Cl. The van der Waals surface area contributed by atoms with Crippen LogP contribution in [0.2, 0.25) is 10.0 Å². The van der Waals surface area contributed by atoms with E-state index in [0.717, 1.165) is 0 Å². The van der Waals surface area contributed by atoms with Gasteiger partial charge in [-0.2, -0.15) is 0 Å². The third-order valence-corrected chi connectivity index (χ3v) is 3.45. The predicted molar refractivity (Wildman–Crippen MR) is 83.1 cm³/mol. The van der Waals surface area contributed by atoms with E-state index >= 15 is 0 Å². The molecule has 0 aliphatic heterocycles. The first kappa shape index (κ1) is 15.0. The lowest BCUT2D eigenvalue weighted by Gasteiger charge is -2.12. The first-order valence-corrected chi connectivity index (χ1v) is 6.80. The molecule has 0 spiro atoms. The van der Waals surface area contributed by atoms with Crippen LogP contribution in [-0.4, -0.2) is 4.99 Å². The van der Waals surface area contributed by atoms with E-state index in [4.69, 9.17) is 45.9 Å². The first-order chi connectivity index (χ1) is 9.49. The molecule has 2 aromatic carbocycles. The van der Waals surface area contributed by atoms with Gasteiger partial charge in [0.1, 0.15) is 23.2 Å². The average Bonchev–Trinajstić information content (AvgIpc) is 2.39. The zero-order chi connectivity index (χ0) is 14.7. The zero-order valence-corrected chi connectivity index (χ0v) is 12.5. The third-order valence-electron chi connectivity index (χ3n) is 2.64. The van der Waals surface area contributed by atoms with Crippen LogP contribution in [0.4, 0.5) is 4.39 Å². The molecule has 2 nitrogen and oxygen atoms in total. The molecule has 0 aliphatic carbocycles. The summed E-state index contributed by atoms with van der Waals surface area (Å²) < 4.78 is 19.2. The number of ether oxygens (including phenoxy) is 1. The van der Waals surface area contributed by atoms with Crippen LogP contribution in [0.3, 0.4) is 0 Å². The molecule has 0 amide bonds. The van der Waals surface area contributed by atoms with Crippen LogP contribution >= 0.6 is 35.4 Å². The summed E-state index contributed by atoms with van der Waals surface area (Å²) >= 11 is 16.7. The second-order valence-electron chi connectivity index (χ2n) is 3.99. The Bertz CT molecular complexity index is 643. The fourth-order valence-electron chi connectivity index (χ4n) is 1.64. The summed E-state index contributed by atoms with van der Waals surface area (Å²) in [6.07, 6.45) is 0. The zero-order valence-electron chi connectivity index (χ0n) is 10.2. The first-order valence-electron chi connectivity index (χ1n) is 5.64. The number of thiocarbonyl (C=S) groups is 1. The second-order valence-corrected chi connectivity index (χ2v) is 5.28. The quantitative estimate of drug-likeness (QED) is 0.847. The van der Waals surface area contributed by atoms with Gasteiger partial charge >= 0.3 is 0 Å². The molecule has 20 heavy (non-hydrogen) atoms. The van der Waals surface area contributed by atoms with Crippen molar-refractivity contribution in [1.82, 2.24) is 0 Å². The minimum absolute atomic E-state index is 0.0250. The minimum atomic E-state index is -0.427. The Hall–Kier alpha value is -1.36. The average molecular weight is 330 g/mol. The Morgan fingerprint density at radius 1 is 1.25 bits per heavy atom. The highest BCUT2D eigenvalue weighted by molar-refractivity contribution is 7.80. The number of benzene rings is 2. The van der Waals surface area contributed by atoms with E-state index in [1.807, 2.05) is 0 Å². The van der Waals surface area contributed by atoms with Gasteiger partial charge in [0.15, 0.2) is 0 Å². The molecule has 0 aliphatic rings. The van der Waals surface area contributed by atoms with Crippen LogP contribution < -0.4 is 10.5 Å². The van der Waals surface area contributed by atoms with Crippen LogP contribution in [0.15, 0.2) is 36.4 Å². The molecule has 2 N–H and O–H groups in total. The maximum Gasteiger partial charge on any atom is 0.131 e. The molecule has 0 atom stereocenters. The van der Waals surface area contributed by atoms with Gasteiger partial charge in [0.05, 0.1) is 10.6 Å². The van der Waals surface area contributed by atoms with Gasteiger partial charge in [0.25, 0.3) is 0 Å². The van der Waals surface area contributed by atoms with Crippen molar-refractivity contribution in [2.24, 2.45) is 5.73 Å². The van der Waals surface area contributed by atoms with Gasteiger partial charge in [-0.3, -0.25) is 0 Å². The molecule has 0 aromatic heterocycles. The summed E-state index contributed by atoms with van der Waals surface area (Å²) in [6.45, 7) is -0.0250. The van der Waals surface area contributed by atoms with Gasteiger partial charge in [-0.25, -0.2) is 4.39 Å². The Morgan fingerprint density at radius 2 is 2.00 bits per heavy atom. The number of hydrogen-bond acceptors (Lipinski definition) is 2. The normalized spacial score (nSPS) is 10.3. The number of rotatable bonds is 4. The lowest BCUT2D eigenvalue weighted by molar-refractivity contribution is 0.299. The van der Waals surface area contributed by atoms with E-state index in [-0.39, 0.29) is 17.2 Å². The minimum Gasteiger partial charge on any atom is -0.488 e. The number of halogens is 3. The second kappa shape index (κ2) is 6.39. The van der Waals surface area contributed by atoms with E-state index in [1.165, 1.54) is 12.1 Å². The van der Waals surface area contributed by atoms with Crippen molar-refractivity contribution in [3.8, 4) is 5.75 Å². The van der Waals surface area contributed by atoms with Crippen LogP contribution in [0, 0.1) is 5.82 Å². The van der Waals surface area contributed by atoms with Crippen molar-refractivity contribution in [1.29, 1.82) is 0 Å². The summed E-state index contributed by atoms with van der Waals surface area (Å²) in [5.41, 5.74) is 6.38. The van der Waals surface area contributed by atoms with E-state index in [2.05, 4.69) is 0 Å². The van der Waals surface area contributed by atoms with Gasteiger partial charge < -0.3 is 10.5 Å². The molecular formula is C14H10Cl2FNOS. The van der Waals surface area contributed by atoms with Crippen LogP contribution in [0.25, 0.3) is 0 Å². The van der Waals surface area contributed by atoms with Gasteiger partial charge in [-0.15, -0.1) is 0 Å². The molecule has 2 aromatic rings. The Labute approximate surface area is 131 Å². The summed E-state index contributed by atoms with van der Waals surface area (Å²) in [5.74, 6) is 0.00422. The van der Waals surface area contributed by atoms with Crippen molar-refractivity contribution >= 4 is 40.4 Å². The monoisotopic (exact) mass is 329 g/mol. The highest BCUT2D eigenvalue weighted by Gasteiger charge is 2.11. The molecule has 0 bridgehead atoms. The van der Waals surface area contributed by atoms with Crippen molar-refractivity contribution in [3.63, 3.8) is 0 Å². The predicted octanol–water partition coefficient (Wildman–Crippen LogP) is 4.35. The number of hydrogen-bond donors (Lipinski definition) is 1. The lowest BCUT2D eigenvalue weighted by Crippen LogP contribution is -2.12. The van der Waals surface area contributed by atoms with Gasteiger partial charge in [-0.1, -0.05) is 41.5 Å². The Morgan fingerprint density at radius 3 is 2.65 bits per heavy atom. The van der Waals surface area contributed by atoms with Crippen molar-refractivity contribution in [3.05, 3.63) is 63.4 Å². The van der Waals surface area contributed by atoms with Gasteiger partial charge in [-0.05, 0) is 30.3 Å². The van der Waals surface area contributed by atoms with Gasteiger partial charge in [0, 0.05) is 10.6 Å². The standard InChI is InChI=1S/C14H10Cl2FNOS/c15-8-4-5-13(9(6-8)14(18)20)19-7-10-11(16)2-1-3-12(10)17/h1-6H,7H2,(H2,18,20). The van der Waals surface area contributed by atoms with E-state index in [1.54, 1.807) is 24.3 Å². The smallest absolute Gasteiger partial charge is 0.131 e. The van der Waals surface area contributed by atoms with Crippen molar-refractivity contribution in [2.75, 3.05) is 0 Å². The van der Waals surface area contributed by atoms with Crippen LogP contribution in [-0.2, 0) is 6.61 Å². The molecule has 2 rings (SSSR count).